The van der Waals surface area contributed by atoms with Gasteiger partial charge in [-0.15, -0.1) is 0 Å². The molecule has 0 saturated heterocycles. The minimum absolute atomic E-state index is 0.127. The lowest BCUT2D eigenvalue weighted by Crippen LogP contribution is -2.52. The number of pyridine rings is 1. The minimum atomic E-state index is -0.376. The smallest absolute Gasteiger partial charge is 0.255 e. The first-order valence-corrected chi connectivity index (χ1v) is 13.0. The van der Waals surface area contributed by atoms with Crippen LogP contribution >= 0.6 is 0 Å². The lowest BCUT2D eigenvalue weighted by Gasteiger charge is -2.62. The maximum absolute atomic E-state index is 13.6. The summed E-state index contributed by atoms with van der Waals surface area (Å²) in [5.41, 5.74) is 4.37. The number of furan rings is 1. The molecular weight excluding hydrogens is 483 g/mol. The third-order valence-corrected chi connectivity index (χ3v) is 8.05. The van der Waals surface area contributed by atoms with E-state index in [2.05, 4.69) is 10.3 Å². The molecule has 4 aromatic rings. The van der Waals surface area contributed by atoms with E-state index in [9.17, 15) is 14.0 Å². The minimum Gasteiger partial charge on any atom is -0.493 e. The fourth-order valence-corrected chi connectivity index (χ4v) is 6.05. The molecule has 2 heterocycles. The first kappa shape index (κ1) is 24.3. The van der Waals surface area contributed by atoms with Crippen molar-refractivity contribution in [2.75, 3.05) is 13.7 Å². The Hall–Kier alpha value is -4.00. The summed E-state index contributed by atoms with van der Waals surface area (Å²) >= 11 is 0. The van der Waals surface area contributed by atoms with E-state index in [1.54, 1.807) is 31.4 Å². The van der Waals surface area contributed by atoms with Gasteiger partial charge in [0.1, 0.15) is 22.9 Å². The summed E-state index contributed by atoms with van der Waals surface area (Å²) in [6.07, 6.45) is 5.79. The van der Waals surface area contributed by atoms with Crippen LogP contribution in [-0.2, 0) is 0 Å². The summed E-state index contributed by atoms with van der Waals surface area (Å²) in [7, 11) is 1.55. The van der Waals surface area contributed by atoms with E-state index < -0.39 is 0 Å². The first-order valence-electron chi connectivity index (χ1n) is 13.0. The second kappa shape index (κ2) is 9.08. The van der Waals surface area contributed by atoms with Gasteiger partial charge in [0, 0.05) is 59.1 Å². The number of nitrogens with one attached hydrogen (secondary N) is 1. The Kier molecular flexibility index (Phi) is 5.82. The number of hydrogen-bond acceptors (Lipinski definition) is 5. The topological polar surface area (TPSA) is 81.4 Å². The van der Waals surface area contributed by atoms with Crippen LogP contribution in [0.15, 0.2) is 53.1 Å². The van der Waals surface area contributed by atoms with E-state index in [0.717, 1.165) is 30.7 Å². The maximum Gasteiger partial charge on any atom is 0.255 e. The highest BCUT2D eigenvalue weighted by atomic mass is 19.1. The first-order chi connectivity index (χ1) is 18.3. The normalized spacial score (nSPS) is 19.5. The molecular formula is C31H29FN2O4. The van der Waals surface area contributed by atoms with Crippen molar-refractivity contribution in [3.63, 3.8) is 0 Å². The summed E-state index contributed by atoms with van der Waals surface area (Å²) in [5.74, 6) is 1.15. The zero-order valence-electron chi connectivity index (χ0n) is 21.7. The van der Waals surface area contributed by atoms with E-state index in [-0.39, 0.29) is 22.9 Å². The zero-order valence-corrected chi connectivity index (χ0v) is 21.7. The molecule has 2 bridgehead atoms. The Morgan fingerprint density at radius 2 is 1.87 bits per heavy atom. The lowest BCUT2D eigenvalue weighted by atomic mass is 9.43. The van der Waals surface area contributed by atoms with Gasteiger partial charge in [-0.1, -0.05) is 0 Å². The highest BCUT2D eigenvalue weighted by molar-refractivity contribution is 6.12. The number of ketones is 1. The largest absolute Gasteiger partial charge is 0.493 e. The van der Waals surface area contributed by atoms with Crippen LogP contribution in [0.5, 0.6) is 5.75 Å². The molecule has 7 rings (SSSR count). The van der Waals surface area contributed by atoms with Crippen molar-refractivity contribution in [1.29, 1.82) is 0 Å². The van der Waals surface area contributed by atoms with E-state index in [0.29, 0.717) is 63.5 Å². The molecule has 3 saturated carbocycles. The van der Waals surface area contributed by atoms with Gasteiger partial charge in [-0.25, -0.2) is 4.39 Å². The molecule has 3 aliphatic carbocycles. The molecule has 2 aromatic carbocycles. The molecule has 0 atom stereocenters. The second-order valence-corrected chi connectivity index (χ2v) is 10.6. The lowest BCUT2D eigenvalue weighted by molar-refractivity contribution is -0.103. The molecule has 0 spiro atoms. The van der Waals surface area contributed by atoms with Crippen molar-refractivity contribution < 1.29 is 23.1 Å². The van der Waals surface area contributed by atoms with Crippen molar-refractivity contribution in [2.24, 2.45) is 11.3 Å². The van der Waals surface area contributed by atoms with Crippen LogP contribution in [0.4, 0.5) is 4.39 Å². The Morgan fingerprint density at radius 1 is 1.13 bits per heavy atom. The van der Waals surface area contributed by atoms with Crippen molar-refractivity contribution in [3.8, 4) is 28.2 Å². The van der Waals surface area contributed by atoms with Crippen LogP contribution in [-0.4, -0.2) is 30.3 Å². The molecule has 1 amide bonds. The van der Waals surface area contributed by atoms with Crippen LogP contribution in [0.3, 0.4) is 0 Å². The highest BCUT2D eigenvalue weighted by Gasteiger charge is 2.56. The third kappa shape index (κ3) is 3.97. The summed E-state index contributed by atoms with van der Waals surface area (Å²) in [4.78, 5) is 30.9. The molecule has 0 radical (unpaired) electrons. The summed E-state index contributed by atoms with van der Waals surface area (Å²) in [5, 5.41) is 3.27. The van der Waals surface area contributed by atoms with Crippen molar-refractivity contribution in [1.82, 2.24) is 10.3 Å². The highest BCUT2D eigenvalue weighted by Crippen LogP contribution is 2.66. The average molecular weight is 513 g/mol. The number of ether oxygens (including phenoxy) is 1. The Morgan fingerprint density at radius 3 is 2.50 bits per heavy atom. The number of aryl methyl sites for hydroxylation is 1. The van der Waals surface area contributed by atoms with Crippen molar-refractivity contribution >= 4 is 22.7 Å². The number of fused-ring (bicyclic) bond motifs is 1. The fraction of sp³-hybridized carbons (Fsp3) is 0.323. The second-order valence-electron chi connectivity index (χ2n) is 10.6. The molecule has 0 aliphatic heterocycles. The van der Waals surface area contributed by atoms with E-state index >= 15 is 0 Å². The number of carbonyl (C=O) groups excluding carboxylic acids is 2. The van der Waals surface area contributed by atoms with Gasteiger partial charge in [-0.2, -0.15) is 0 Å². The van der Waals surface area contributed by atoms with Crippen molar-refractivity contribution in [2.45, 2.75) is 39.5 Å². The monoisotopic (exact) mass is 512 g/mol. The van der Waals surface area contributed by atoms with Crippen molar-refractivity contribution in [3.05, 3.63) is 71.3 Å². The number of Topliss-reactive ketones (excluding diaryl/α,β-unsaturated/α-hetero) is 1. The molecule has 6 nitrogen and oxygen atoms in total. The fourth-order valence-electron chi connectivity index (χ4n) is 6.05. The summed E-state index contributed by atoms with van der Waals surface area (Å²) < 4.78 is 25.7. The van der Waals surface area contributed by atoms with E-state index in [1.807, 2.05) is 26.0 Å². The number of carbonyl (C=O) groups is 2. The molecule has 2 aromatic heterocycles. The van der Waals surface area contributed by atoms with Gasteiger partial charge in [-0.05, 0) is 80.8 Å². The van der Waals surface area contributed by atoms with Gasteiger partial charge in [0.2, 0.25) is 0 Å². The van der Waals surface area contributed by atoms with Gasteiger partial charge in [0.25, 0.3) is 5.91 Å². The molecule has 194 valence electrons. The number of benzene rings is 2. The number of nitrogens with zero attached hydrogens (tertiary/aromatic N) is 1. The Balaban J connectivity index is 1.48. The average Bonchev–Trinajstić information content (AvgIpc) is 3.23. The van der Waals surface area contributed by atoms with Crippen LogP contribution in [0.25, 0.3) is 33.4 Å². The Labute approximate surface area is 220 Å². The van der Waals surface area contributed by atoms with Gasteiger partial charge < -0.3 is 14.5 Å². The van der Waals surface area contributed by atoms with Gasteiger partial charge in [0.05, 0.1) is 12.2 Å². The van der Waals surface area contributed by atoms with Gasteiger partial charge in [0.15, 0.2) is 5.78 Å². The quantitative estimate of drug-likeness (QED) is 0.264. The zero-order chi connectivity index (χ0) is 26.6. The number of amides is 1. The van der Waals surface area contributed by atoms with E-state index in [1.165, 1.54) is 12.1 Å². The molecule has 1 N–H and O–H groups in total. The molecule has 0 unspecified atom stereocenters. The maximum atomic E-state index is 13.6. The summed E-state index contributed by atoms with van der Waals surface area (Å²) in [6, 6.07) is 11.3. The molecule has 38 heavy (non-hydrogen) atoms. The van der Waals surface area contributed by atoms with Crippen LogP contribution in [0.2, 0.25) is 0 Å². The third-order valence-electron chi connectivity index (χ3n) is 8.05. The molecule has 3 fully saturated rings. The predicted octanol–water partition coefficient (Wildman–Crippen LogP) is 6.74. The molecule has 3 aliphatic rings. The van der Waals surface area contributed by atoms with Gasteiger partial charge in [-0.3, -0.25) is 14.6 Å². The Bertz CT molecular complexity index is 1570. The summed E-state index contributed by atoms with van der Waals surface area (Å²) in [6.45, 7) is 4.17. The number of hydrogen-bond donors (Lipinski definition) is 1. The van der Waals surface area contributed by atoms with Crippen LogP contribution in [0.1, 0.15) is 59.0 Å². The van der Waals surface area contributed by atoms with Gasteiger partial charge >= 0.3 is 0 Å². The number of halogens is 1. The standard InChI is InChI=1S/C31H29FN2O4/c1-4-37-26-11-27-24(28(30(36)33-3)29(38-27)19-5-7-21(32)8-6-19)10-23(26)20-9-22(17(2)34-16-20)25(35)15-31-12-18(13-31)14-31/h5-11,16,18H,4,12-15H2,1-3H3,(H,33,36). The number of aromatic nitrogens is 1. The predicted molar refractivity (Wildman–Crippen MR) is 143 cm³/mol. The van der Waals surface area contributed by atoms with E-state index in [4.69, 9.17) is 9.15 Å². The van der Waals surface area contributed by atoms with Crippen LogP contribution in [0, 0.1) is 24.1 Å². The SMILES string of the molecule is CCOc1cc2oc(-c3ccc(F)cc3)c(C(=O)NC)c2cc1-c1cnc(C)c(C(=O)CC23CC(C2)C3)c1. The number of rotatable bonds is 8. The van der Waals surface area contributed by atoms with Crippen LogP contribution < -0.4 is 10.1 Å². The molecule has 7 heteroatoms.